The van der Waals surface area contributed by atoms with Gasteiger partial charge in [0.1, 0.15) is 5.02 Å². The molecule has 1 aromatic carbocycles. The van der Waals surface area contributed by atoms with Gasteiger partial charge in [-0.05, 0) is 11.1 Å². The summed E-state index contributed by atoms with van der Waals surface area (Å²) in [5.41, 5.74) is 2.21. The molecule has 0 amide bonds. The fraction of sp³-hybridized carbons (Fsp3) is 0.167. The van der Waals surface area contributed by atoms with E-state index >= 15 is 0 Å². The van der Waals surface area contributed by atoms with Gasteiger partial charge in [-0.2, -0.15) is 0 Å². The van der Waals surface area contributed by atoms with Gasteiger partial charge in [-0.25, -0.2) is 4.98 Å². The van der Waals surface area contributed by atoms with Crippen molar-refractivity contribution in [1.29, 1.82) is 0 Å². The average molecular weight is 248 g/mol. The van der Waals surface area contributed by atoms with Crippen LogP contribution < -0.4 is 10.5 Å². The third-order valence-corrected chi connectivity index (χ3v) is 3.26. The maximum atomic E-state index is 11.4. The summed E-state index contributed by atoms with van der Waals surface area (Å²) in [6, 6.07) is 8.18. The molecule has 86 valence electrons. The molecule has 17 heavy (non-hydrogen) atoms. The molecule has 5 heteroatoms. The molecule has 1 N–H and O–H groups in total. The molecule has 0 saturated carbocycles. The van der Waals surface area contributed by atoms with Crippen LogP contribution in [0.3, 0.4) is 0 Å². The van der Waals surface area contributed by atoms with Crippen molar-refractivity contribution in [2.24, 2.45) is 0 Å². The van der Waals surface area contributed by atoms with Crippen molar-refractivity contribution in [3.05, 3.63) is 57.1 Å². The van der Waals surface area contributed by atoms with Crippen LogP contribution in [-0.2, 0) is 13.1 Å². The van der Waals surface area contributed by atoms with Gasteiger partial charge in [0.2, 0.25) is 0 Å². The van der Waals surface area contributed by atoms with Gasteiger partial charge in [0.25, 0.3) is 5.56 Å². The van der Waals surface area contributed by atoms with Gasteiger partial charge in [0, 0.05) is 13.1 Å². The van der Waals surface area contributed by atoms with Crippen molar-refractivity contribution in [3.8, 4) is 0 Å². The minimum Gasteiger partial charge on any atom is -0.346 e. The molecular formula is C12H10ClN3O. The molecule has 0 spiro atoms. The van der Waals surface area contributed by atoms with Crippen LogP contribution in [0.4, 0.5) is 5.82 Å². The number of anilines is 1. The molecule has 1 aromatic heterocycles. The van der Waals surface area contributed by atoms with E-state index in [1.807, 2.05) is 17.0 Å². The molecular weight excluding hydrogens is 238 g/mol. The lowest BCUT2D eigenvalue weighted by atomic mass is 10.1. The second-order valence-electron chi connectivity index (χ2n) is 3.99. The summed E-state index contributed by atoms with van der Waals surface area (Å²) in [6.45, 7) is 1.48. The lowest BCUT2D eigenvalue weighted by molar-refractivity contribution is 0.848. The monoisotopic (exact) mass is 247 g/mol. The number of nitrogens with one attached hydrogen (secondary N) is 1. The van der Waals surface area contributed by atoms with E-state index in [-0.39, 0.29) is 10.6 Å². The van der Waals surface area contributed by atoms with Gasteiger partial charge in [0.05, 0.1) is 6.33 Å². The Morgan fingerprint density at radius 3 is 2.53 bits per heavy atom. The standard InChI is InChI=1S/C12H10ClN3O/c13-10-11(14-7-15-12(10)17)16-5-8-3-1-2-4-9(8)6-16/h1-4,7H,5-6H2,(H,14,15,17). The average Bonchev–Trinajstić information content (AvgIpc) is 2.76. The number of hydrogen-bond donors (Lipinski definition) is 1. The lowest BCUT2D eigenvalue weighted by Crippen LogP contribution is -2.20. The molecule has 0 unspecified atom stereocenters. The van der Waals surface area contributed by atoms with Crippen molar-refractivity contribution < 1.29 is 0 Å². The highest BCUT2D eigenvalue weighted by Gasteiger charge is 2.22. The van der Waals surface area contributed by atoms with Crippen LogP contribution in [0, 0.1) is 0 Å². The molecule has 0 atom stereocenters. The zero-order valence-corrected chi connectivity index (χ0v) is 9.74. The first-order chi connectivity index (χ1) is 8.25. The highest BCUT2D eigenvalue weighted by Crippen LogP contribution is 2.29. The molecule has 3 rings (SSSR count). The smallest absolute Gasteiger partial charge is 0.271 e. The maximum absolute atomic E-state index is 11.4. The second kappa shape index (κ2) is 3.89. The number of rotatable bonds is 1. The van der Waals surface area contributed by atoms with E-state index in [0.29, 0.717) is 5.82 Å². The second-order valence-corrected chi connectivity index (χ2v) is 4.37. The highest BCUT2D eigenvalue weighted by atomic mass is 35.5. The van der Waals surface area contributed by atoms with Gasteiger partial charge in [-0.15, -0.1) is 0 Å². The van der Waals surface area contributed by atoms with Crippen LogP contribution in [0.2, 0.25) is 5.02 Å². The van der Waals surface area contributed by atoms with Gasteiger partial charge < -0.3 is 9.88 Å². The summed E-state index contributed by atoms with van der Waals surface area (Å²) in [7, 11) is 0. The maximum Gasteiger partial charge on any atom is 0.271 e. The summed E-state index contributed by atoms with van der Waals surface area (Å²) in [5.74, 6) is 0.548. The number of hydrogen-bond acceptors (Lipinski definition) is 3. The molecule has 0 aliphatic carbocycles. The Labute approximate surface area is 103 Å². The SMILES string of the molecule is O=c1[nH]cnc(N2Cc3ccccc3C2)c1Cl. The first-order valence-electron chi connectivity index (χ1n) is 5.30. The summed E-state index contributed by atoms with van der Waals surface area (Å²) in [4.78, 5) is 20.0. The molecule has 0 bridgehead atoms. The molecule has 0 saturated heterocycles. The van der Waals surface area contributed by atoms with Crippen molar-refractivity contribution >= 4 is 17.4 Å². The molecule has 2 heterocycles. The van der Waals surface area contributed by atoms with E-state index in [9.17, 15) is 4.79 Å². The summed E-state index contributed by atoms with van der Waals surface area (Å²) >= 11 is 5.97. The molecule has 0 fully saturated rings. The van der Waals surface area contributed by atoms with Crippen LogP contribution in [0.5, 0.6) is 0 Å². The molecule has 2 aromatic rings. The van der Waals surface area contributed by atoms with Gasteiger partial charge >= 0.3 is 0 Å². The van der Waals surface area contributed by atoms with Crippen LogP contribution in [0.25, 0.3) is 0 Å². The Kier molecular flexibility index (Phi) is 2.37. The normalized spacial score (nSPS) is 13.8. The van der Waals surface area contributed by atoms with Crippen LogP contribution in [-0.4, -0.2) is 9.97 Å². The predicted molar refractivity (Wildman–Crippen MR) is 66.2 cm³/mol. The van der Waals surface area contributed by atoms with Crippen molar-refractivity contribution in [1.82, 2.24) is 9.97 Å². The van der Waals surface area contributed by atoms with Crippen molar-refractivity contribution in [2.45, 2.75) is 13.1 Å². The van der Waals surface area contributed by atoms with Crippen molar-refractivity contribution in [3.63, 3.8) is 0 Å². The Balaban J connectivity index is 2.00. The number of fused-ring (bicyclic) bond motifs is 1. The van der Waals surface area contributed by atoms with E-state index in [1.165, 1.54) is 17.5 Å². The predicted octanol–water partition coefficient (Wildman–Crippen LogP) is 1.94. The number of benzene rings is 1. The third kappa shape index (κ3) is 1.70. The van der Waals surface area contributed by atoms with Gasteiger partial charge in [-0.3, -0.25) is 4.79 Å². The zero-order chi connectivity index (χ0) is 11.8. The molecule has 1 aliphatic heterocycles. The van der Waals surface area contributed by atoms with Crippen molar-refractivity contribution in [2.75, 3.05) is 4.90 Å². The van der Waals surface area contributed by atoms with Crippen LogP contribution in [0.1, 0.15) is 11.1 Å². The van der Waals surface area contributed by atoms with E-state index in [0.717, 1.165) is 13.1 Å². The molecule has 0 radical (unpaired) electrons. The number of nitrogens with zero attached hydrogens (tertiary/aromatic N) is 2. The summed E-state index contributed by atoms with van der Waals surface area (Å²) in [5, 5.41) is 0.153. The molecule has 1 aliphatic rings. The van der Waals surface area contributed by atoms with E-state index < -0.39 is 0 Å². The number of aromatic nitrogens is 2. The first-order valence-corrected chi connectivity index (χ1v) is 5.68. The quantitative estimate of drug-likeness (QED) is 0.838. The minimum absolute atomic E-state index is 0.153. The van der Waals surface area contributed by atoms with E-state index in [4.69, 9.17) is 11.6 Å². The highest BCUT2D eigenvalue weighted by molar-refractivity contribution is 6.32. The minimum atomic E-state index is -0.298. The lowest BCUT2D eigenvalue weighted by Gasteiger charge is -2.16. The first kappa shape index (κ1) is 10.4. The summed E-state index contributed by atoms with van der Waals surface area (Å²) < 4.78 is 0. The fourth-order valence-electron chi connectivity index (χ4n) is 2.08. The van der Waals surface area contributed by atoms with Crippen LogP contribution in [0.15, 0.2) is 35.4 Å². The number of halogens is 1. The third-order valence-electron chi connectivity index (χ3n) is 2.92. The summed E-state index contributed by atoms with van der Waals surface area (Å²) in [6.07, 6.45) is 1.38. The largest absolute Gasteiger partial charge is 0.346 e. The van der Waals surface area contributed by atoms with E-state index in [1.54, 1.807) is 0 Å². The number of H-pyrrole nitrogens is 1. The Hall–Kier alpha value is -1.81. The zero-order valence-electron chi connectivity index (χ0n) is 8.98. The van der Waals surface area contributed by atoms with Gasteiger partial charge in [-0.1, -0.05) is 35.9 Å². The Morgan fingerprint density at radius 1 is 1.24 bits per heavy atom. The Morgan fingerprint density at radius 2 is 1.88 bits per heavy atom. The van der Waals surface area contributed by atoms with E-state index in [2.05, 4.69) is 22.1 Å². The Bertz CT molecular complexity index is 598. The topological polar surface area (TPSA) is 49.0 Å². The number of aromatic amines is 1. The van der Waals surface area contributed by atoms with Crippen LogP contribution >= 0.6 is 11.6 Å². The molecule has 4 nitrogen and oxygen atoms in total. The van der Waals surface area contributed by atoms with Gasteiger partial charge in [0.15, 0.2) is 5.82 Å². The fourth-order valence-corrected chi connectivity index (χ4v) is 2.30.